The number of nitrogens with one attached hydrogen (secondary N) is 1. The molecule has 0 aromatic heterocycles. The van der Waals surface area contributed by atoms with E-state index in [1.54, 1.807) is 18.2 Å². The van der Waals surface area contributed by atoms with Gasteiger partial charge in [0.15, 0.2) is 0 Å². The lowest BCUT2D eigenvalue weighted by Crippen LogP contribution is -2.37. The van der Waals surface area contributed by atoms with Crippen LogP contribution in [0.25, 0.3) is 0 Å². The van der Waals surface area contributed by atoms with Gasteiger partial charge < -0.3 is 10.1 Å². The van der Waals surface area contributed by atoms with Crippen LogP contribution >= 0.6 is 0 Å². The zero-order chi connectivity index (χ0) is 18.6. The summed E-state index contributed by atoms with van der Waals surface area (Å²) in [6.45, 7) is -0.601. The molecule has 2 rings (SSSR count). The Balaban J connectivity index is 2.27. The average molecular weight is 370 g/mol. The molecule has 0 aliphatic carbocycles. The third-order valence-electron chi connectivity index (χ3n) is 3.25. The molecule has 9 heteroatoms. The quantitative estimate of drug-likeness (QED) is 0.847. The molecule has 0 fully saturated rings. The standard InChI is InChI=1S/C16H16F2N2O4S/c1-24-15-6-4-3-5-14(15)20(25(2,22)23)10-16(21)19-13-8-7-11(17)9-12(13)18/h3-9H,10H2,1-2H3,(H,19,21). The Morgan fingerprint density at radius 2 is 1.88 bits per heavy atom. The molecule has 2 aromatic rings. The molecule has 0 aliphatic rings. The second-order valence-corrected chi connectivity index (χ2v) is 7.02. The van der Waals surface area contributed by atoms with Gasteiger partial charge in [-0.15, -0.1) is 0 Å². The third-order valence-corrected chi connectivity index (χ3v) is 4.37. The largest absolute Gasteiger partial charge is 0.495 e. The fourth-order valence-electron chi connectivity index (χ4n) is 2.13. The van der Waals surface area contributed by atoms with Gasteiger partial charge in [-0.1, -0.05) is 12.1 Å². The number of carbonyl (C=O) groups excluding carboxylic acids is 1. The van der Waals surface area contributed by atoms with Gasteiger partial charge in [-0.05, 0) is 24.3 Å². The van der Waals surface area contributed by atoms with E-state index in [1.165, 1.54) is 13.2 Å². The van der Waals surface area contributed by atoms with Gasteiger partial charge >= 0.3 is 0 Å². The lowest BCUT2D eigenvalue weighted by atomic mass is 10.3. The highest BCUT2D eigenvalue weighted by atomic mass is 32.2. The molecular weight excluding hydrogens is 354 g/mol. The summed E-state index contributed by atoms with van der Waals surface area (Å²) in [6.07, 6.45) is 0.936. The number of rotatable bonds is 6. The van der Waals surface area contributed by atoms with E-state index in [9.17, 15) is 22.0 Å². The summed E-state index contributed by atoms with van der Waals surface area (Å²) in [5.74, 6) is -2.28. The van der Waals surface area contributed by atoms with Gasteiger partial charge in [-0.2, -0.15) is 0 Å². The van der Waals surface area contributed by atoms with Crippen molar-refractivity contribution in [1.29, 1.82) is 0 Å². The van der Waals surface area contributed by atoms with Crippen LogP contribution < -0.4 is 14.4 Å². The Bertz CT molecular complexity index is 887. The molecule has 0 unspecified atom stereocenters. The van der Waals surface area contributed by atoms with E-state index < -0.39 is 34.1 Å². The van der Waals surface area contributed by atoms with Gasteiger partial charge in [0.25, 0.3) is 0 Å². The van der Waals surface area contributed by atoms with E-state index in [1.807, 2.05) is 0 Å². The Kier molecular flexibility index (Phi) is 5.58. The molecule has 0 saturated heterocycles. The van der Waals surface area contributed by atoms with E-state index in [0.29, 0.717) is 6.07 Å². The molecule has 25 heavy (non-hydrogen) atoms. The Morgan fingerprint density at radius 1 is 1.20 bits per heavy atom. The van der Waals surface area contributed by atoms with Crippen molar-refractivity contribution in [3.63, 3.8) is 0 Å². The Morgan fingerprint density at radius 3 is 2.48 bits per heavy atom. The van der Waals surface area contributed by atoms with Crippen molar-refractivity contribution >= 4 is 27.3 Å². The maximum atomic E-state index is 13.6. The highest BCUT2D eigenvalue weighted by Gasteiger charge is 2.24. The summed E-state index contributed by atoms with van der Waals surface area (Å²) in [6, 6.07) is 8.91. The summed E-state index contributed by atoms with van der Waals surface area (Å²) in [4.78, 5) is 12.2. The van der Waals surface area contributed by atoms with E-state index in [-0.39, 0.29) is 17.1 Å². The van der Waals surface area contributed by atoms with Crippen LogP contribution in [0.15, 0.2) is 42.5 Å². The SMILES string of the molecule is COc1ccccc1N(CC(=O)Nc1ccc(F)cc1F)S(C)(=O)=O. The van der Waals surface area contributed by atoms with Crippen molar-refractivity contribution in [2.45, 2.75) is 0 Å². The number of hydrogen-bond donors (Lipinski definition) is 1. The van der Waals surface area contributed by atoms with Crippen LogP contribution in [0.2, 0.25) is 0 Å². The molecule has 0 heterocycles. The molecule has 0 saturated carbocycles. The second-order valence-electron chi connectivity index (χ2n) is 5.11. The molecular formula is C16H16F2N2O4S. The molecule has 0 bridgehead atoms. The van der Waals surface area contributed by atoms with E-state index in [2.05, 4.69) is 5.32 Å². The van der Waals surface area contributed by atoms with Crippen LogP contribution in [0.1, 0.15) is 0 Å². The van der Waals surface area contributed by atoms with Crippen molar-refractivity contribution in [1.82, 2.24) is 0 Å². The minimum absolute atomic E-state index is 0.169. The summed E-state index contributed by atoms with van der Waals surface area (Å²) < 4.78 is 56.6. The van der Waals surface area contributed by atoms with Crippen molar-refractivity contribution in [2.24, 2.45) is 0 Å². The molecule has 0 atom stereocenters. The third kappa shape index (κ3) is 4.66. The number of anilines is 2. The Labute approximate surface area is 144 Å². The molecule has 6 nitrogen and oxygen atoms in total. The molecule has 1 amide bonds. The van der Waals surface area contributed by atoms with E-state index in [4.69, 9.17) is 4.74 Å². The number of benzene rings is 2. The number of hydrogen-bond acceptors (Lipinski definition) is 4. The van der Waals surface area contributed by atoms with Crippen molar-refractivity contribution < 1.29 is 26.7 Å². The first-order chi connectivity index (χ1) is 11.7. The zero-order valence-electron chi connectivity index (χ0n) is 13.5. The normalized spacial score (nSPS) is 11.0. The first-order valence-electron chi connectivity index (χ1n) is 7.08. The highest BCUT2D eigenvalue weighted by Crippen LogP contribution is 2.29. The van der Waals surface area contributed by atoms with Crippen molar-refractivity contribution in [2.75, 3.05) is 29.5 Å². The fourth-order valence-corrected chi connectivity index (χ4v) is 2.99. The van der Waals surface area contributed by atoms with Gasteiger partial charge in [0.05, 0.1) is 24.7 Å². The first kappa shape index (κ1) is 18.7. The fraction of sp³-hybridized carbons (Fsp3) is 0.188. The minimum Gasteiger partial charge on any atom is -0.495 e. The van der Waals surface area contributed by atoms with Gasteiger partial charge in [-0.3, -0.25) is 9.10 Å². The number of carbonyl (C=O) groups is 1. The number of halogens is 2. The summed E-state index contributed by atoms with van der Waals surface area (Å²) in [7, 11) is -2.45. The number of ether oxygens (including phenoxy) is 1. The van der Waals surface area contributed by atoms with Crippen LogP contribution in [0.5, 0.6) is 5.75 Å². The van der Waals surface area contributed by atoms with Gasteiger partial charge in [0.1, 0.15) is 23.9 Å². The van der Waals surface area contributed by atoms with Crippen LogP contribution in [0, 0.1) is 11.6 Å². The second kappa shape index (κ2) is 7.47. The molecule has 134 valence electrons. The number of para-hydroxylation sites is 2. The minimum atomic E-state index is -3.82. The van der Waals surface area contributed by atoms with E-state index in [0.717, 1.165) is 22.7 Å². The maximum absolute atomic E-state index is 13.6. The maximum Gasteiger partial charge on any atom is 0.245 e. The smallest absolute Gasteiger partial charge is 0.245 e. The van der Waals surface area contributed by atoms with Crippen LogP contribution in [-0.2, 0) is 14.8 Å². The molecule has 0 radical (unpaired) electrons. The lowest BCUT2D eigenvalue weighted by molar-refractivity contribution is -0.114. The van der Waals surface area contributed by atoms with Crippen molar-refractivity contribution in [3.05, 3.63) is 54.1 Å². The number of nitrogens with zero attached hydrogens (tertiary/aromatic N) is 1. The Hall–Kier alpha value is -2.68. The summed E-state index contributed by atoms with van der Waals surface area (Å²) in [5.41, 5.74) is -0.0814. The monoisotopic (exact) mass is 370 g/mol. The molecule has 0 aliphatic heterocycles. The van der Waals surface area contributed by atoms with Gasteiger partial charge in [0.2, 0.25) is 15.9 Å². The van der Waals surface area contributed by atoms with Crippen molar-refractivity contribution in [3.8, 4) is 5.75 Å². The highest BCUT2D eigenvalue weighted by molar-refractivity contribution is 7.92. The topological polar surface area (TPSA) is 75.7 Å². The van der Waals surface area contributed by atoms with E-state index >= 15 is 0 Å². The number of sulfonamides is 1. The summed E-state index contributed by atoms with van der Waals surface area (Å²) in [5, 5.41) is 2.22. The molecule has 1 N–H and O–H groups in total. The van der Waals surface area contributed by atoms with Gasteiger partial charge in [-0.25, -0.2) is 17.2 Å². The predicted molar refractivity (Wildman–Crippen MR) is 90.2 cm³/mol. The van der Waals surface area contributed by atoms with Gasteiger partial charge in [0, 0.05) is 6.07 Å². The number of methoxy groups -OCH3 is 1. The molecule has 2 aromatic carbocycles. The molecule has 0 spiro atoms. The average Bonchev–Trinajstić information content (AvgIpc) is 2.54. The van der Waals surface area contributed by atoms with Crippen LogP contribution in [0.3, 0.4) is 0 Å². The van der Waals surface area contributed by atoms with Crippen LogP contribution in [0.4, 0.5) is 20.2 Å². The number of amides is 1. The first-order valence-corrected chi connectivity index (χ1v) is 8.93. The zero-order valence-corrected chi connectivity index (χ0v) is 14.3. The van der Waals surface area contributed by atoms with Crippen LogP contribution in [-0.4, -0.2) is 34.2 Å². The predicted octanol–water partition coefficient (Wildman–Crippen LogP) is 2.38. The lowest BCUT2D eigenvalue weighted by Gasteiger charge is -2.23. The summed E-state index contributed by atoms with van der Waals surface area (Å²) >= 11 is 0.